The number of methoxy groups -OCH3 is 1. The van der Waals surface area contributed by atoms with Crippen LogP contribution in [-0.2, 0) is 23.5 Å². The summed E-state index contributed by atoms with van der Waals surface area (Å²) in [5.74, 6) is 0. The van der Waals surface area contributed by atoms with Gasteiger partial charge in [-0.15, -0.1) is 5.10 Å². The van der Waals surface area contributed by atoms with Crippen molar-refractivity contribution in [3.05, 3.63) is 47.3 Å². The van der Waals surface area contributed by atoms with E-state index in [-0.39, 0.29) is 6.04 Å². The van der Waals surface area contributed by atoms with Gasteiger partial charge in [-0.25, -0.2) is 4.68 Å². The number of benzene rings is 1. The van der Waals surface area contributed by atoms with Crippen LogP contribution in [0.4, 0.5) is 0 Å². The highest BCUT2D eigenvalue weighted by atomic mass is 16.5. The smallest absolute Gasteiger partial charge is 0.123 e. The number of nitrogens with zero attached hydrogens (tertiary/aromatic N) is 4. The molecule has 1 N–H and O–H groups in total. The first-order valence-electron chi connectivity index (χ1n) is 8.94. The summed E-state index contributed by atoms with van der Waals surface area (Å²) < 4.78 is 7.02. The van der Waals surface area contributed by atoms with E-state index in [2.05, 4.69) is 53.3 Å². The Labute approximate surface area is 149 Å². The number of rotatable bonds is 6. The molecule has 2 aromatic rings. The van der Waals surface area contributed by atoms with Crippen LogP contribution in [0.25, 0.3) is 0 Å². The fourth-order valence-corrected chi connectivity index (χ4v) is 3.45. The van der Waals surface area contributed by atoms with E-state index in [1.165, 1.54) is 11.1 Å². The van der Waals surface area contributed by atoms with Gasteiger partial charge in [-0.2, -0.15) is 0 Å². The second-order valence-corrected chi connectivity index (χ2v) is 7.28. The van der Waals surface area contributed by atoms with Crippen molar-refractivity contribution in [3.63, 3.8) is 0 Å². The third kappa shape index (κ3) is 4.26. The Morgan fingerprint density at radius 3 is 2.84 bits per heavy atom. The number of likely N-dealkylation sites (tertiary alicyclic amines) is 1. The van der Waals surface area contributed by atoms with Gasteiger partial charge in [-0.05, 0) is 44.4 Å². The van der Waals surface area contributed by atoms with Crippen LogP contribution in [0.2, 0.25) is 0 Å². The molecule has 0 spiro atoms. The molecule has 1 aliphatic heterocycles. The van der Waals surface area contributed by atoms with Crippen molar-refractivity contribution in [2.24, 2.45) is 0 Å². The second-order valence-electron chi connectivity index (χ2n) is 7.28. The molecule has 0 saturated carbocycles. The number of hydrogen-bond acceptors (Lipinski definition) is 5. The molecule has 136 valence electrons. The third-order valence-electron chi connectivity index (χ3n) is 4.77. The number of ether oxygens (including phenoxy) is 1. The molecule has 1 aromatic carbocycles. The van der Waals surface area contributed by atoms with Crippen molar-refractivity contribution in [2.75, 3.05) is 20.2 Å². The minimum absolute atomic E-state index is 0.244. The summed E-state index contributed by atoms with van der Waals surface area (Å²) in [7, 11) is 1.71. The monoisotopic (exact) mass is 344 g/mol. The first-order chi connectivity index (χ1) is 12.0. The standard InChI is InChI=1S/C19H28N4O2/c1-15(2)23-12-18(20-21-23)19(24)8-5-9-22(14-19)11-16-6-4-7-17(10-16)13-25-3/h4,6-7,10,12,15,24H,5,8-9,11,13-14H2,1-3H3/t19-/m1/s1. The van der Waals surface area contributed by atoms with Gasteiger partial charge in [0.1, 0.15) is 11.3 Å². The molecule has 1 atom stereocenters. The van der Waals surface area contributed by atoms with Gasteiger partial charge in [0, 0.05) is 26.2 Å². The zero-order chi connectivity index (χ0) is 17.9. The van der Waals surface area contributed by atoms with Gasteiger partial charge in [0.25, 0.3) is 0 Å². The molecule has 0 aliphatic carbocycles. The van der Waals surface area contributed by atoms with Crippen molar-refractivity contribution in [3.8, 4) is 0 Å². The Bertz CT molecular complexity index is 700. The zero-order valence-electron chi connectivity index (χ0n) is 15.4. The van der Waals surface area contributed by atoms with Crippen molar-refractivity contribution >= 4 is 0 Å². The van der Waals surface area contributed by atoms with E-state index in [0.717, 1.165) is 25.9 Å². The number of aliphatic hydroxyl groups is 1. The van der Waals surface area contributed by atoms with E-state index in [9.17, 15) is 5.11 Å². The van der Waals surface area contributed by atoms with Gasteiger partial charge in [-0.1, -0.05) is 29.5 Å². The third-order valence-corrected chi connectivity index (χ3v) is 4.77. The highest BCUT2D eigenvalue weighted by Crippen LogP contribution is 2.31. The molecule has 0 amide bonds. The van der Waals surface area contributed by atoms with Gasteiger partial charge >= 0.3 is 0 Å². The van der Waals surface area contributed by atoms with E-state index in [0.29, 0.717) is 18.8 Å². The molecule has 1 saturated heterocycles. The summed E-state index contributed by atoms with van der Waals surface area (Å²) in [6.45, 7) is 7.12. The summed E-state index contributed by atoms with van der Waals surface area (Å²) in [5, 5.41) is 19.5. The van der Waals surface area contributed by atoms with Gasteiger partial charge in [0.15, 0.2) is 0 Å². The van der Waals surface area contributed by atoms with Crippen LogP contribution in [0.15, 0.2) is 30.5 Å². The SMILES string of the molecule is COCc1cccc(CN2CCC[C@](O)(c3cn(C(C)C)nn3)C2)c1. The van der Waals surface area contributed by atoms with Crippen molar-refractivity contribution in [2.45, 2.75) is 51.5 Å². The average molecular weight is 344 g/mol. The maximum Gasteiger partial charge on any atom is 0.123 e. The normalized spacial score (nSPS) is 21.8. The Morgan fingerprint density at radius 2 is 2.12 bits per heavy atom. The molecule has 3 rings (SSSR count). The largest absolute Gasteiger partial charge is 0.382 e. The lowest BCUT2D eigenvalue weighted by Gasteiger charge is -2.38. The van der Waals surface area contributed by atoms with Gasteiger partial charge in [0.05, 0.1) is 12.8 Å². The van der Waals surface area contributed by atoms with Crippen LogP contribution in [-0.4, -0.2) is 45.2 Å². The second kappa shape index (κ2) is 7.64. The Balaban J connectivity index is 1.70. The van der Waals surface area contributed by atoms with Crippen molar-refractivity contribution < 1.29 is 9.84 Å². The highest BCUT2D eigenvalue weighted by Gasteiger charge is 2.37. The predicted molar refractivity (Wildman–Crippen MR) is 96.0 cm³/mol. The molecular weight excluding hydrogens is 316 g/mol. The van der Waals surface area contributed by atoms with Crippen LogP contribution < -0.4 is 0 Å². The molecule has 1 aromatic heterocycles. The number of hydrogen-bond donors (Lipinski definition) is 1. The van der Waals surface area contributed by atoms with Crippen molar-refractivity contribution in [1.82, 2.24) is 19.9 Å². The quantitative estimate of drug-likeness (QED) is 0.872. The molecule has 1 aliphatic rings. The van der Waals surface area contributed by atoms with Crippen LogP contribution in [0.3, 0.4) is 0 Å². The van der Waals surface area contributed by atoms with Crippen molar-refractivity contribution in [1.29, 1.82) is 0 Å². The van der Waals surface area contributed by atoms with E-state index < -0.39 is 5.60 Å². The maximum atomic E-state index is 11.1. The van der Waals surface area contributed by atoms with E-state index in [1.807, 2.05) is 6.20 Å². The molecule has 0 bridgehead atoms. The fourth-order valence-electron chi connectivity index (χ4n) is 3.45. The average Bonchev–Trinajstić information content (AvgIpc) is 3.07. The molecule has 1 fully saturated rings. The number of β-amino-alcohol motifs (C(OH)–C–C–N with tert-alkyl or cyclic N) is 1. The van der Waals surface area contributed by atoms with Crippen LogP contribution >= 0.6 is 0 Å². The molecule has 2 heterocycles. The van der Waals surface area contributed by atoms with Gasteiger partial charge < -0.3 is 9.84 Å². The summed E-state index contributed by atoms with van der Waals surface area (Å²) in [6, 6.07) is 8.68. The molecular formula is C19H28N4O2. The summed E-state index contributed by atoms with van der Waals surface area (Å²) >= 11 is 0. The first kappa shape index (κ1) is 18.0. The van der Waals surface area contributed by atoms with E-state index in [1.54, 1.807) is 11.8 Å². The first-order valence-corrected chi connectivity index (χ1v) is 8.94. The molecule has 0 radical (unpaired) electrons. The molecule has 6 nitrogen and oxygen atoms in total. The molecule has 25 heavy (non-hydrogen) atoms. The Hall–Kier alpha value is -1.76. The van der Waals surface area contributed by atoms with Gasteiger partial charge in [0.2, 0.25) is 0 Å². The highest BCUT2D eigenvalue weighted by molar-refractivity contribution is 5.23. The summed E-state index contributed by atoms with van der Waals surface area (Å²) in [6.07, 6.45) is 3.56. The lowest BCUT2D eigenvalue weighted by atomic mass is 9.89. The Kier molecular flexibility index (Phi) is 5.51. The zero-order valence-corrected chi connectivity index (χ0v) is 15.4. The summed E-state index contributed by atoms with van der Waals surface area (Å²) in [4.78, 5) is 2.30. The van der Waals surface area contributed by atoms with E-state index >= 15 is 0 Å². The minimum atomic E-state index is -0.921. The predicted octanol–water partition coefficient (Wildman–Crippen LogP) is 2.49. The maximum absolute atomic E-state index is 11.1. The topological polar surface area (TPSA) is 63.4 Å². The lowest BCUT2D eigenvalue weighted by molar-refractivity contribution is -0.0414. The van der Waals surface area contributed by atoms with E-state index in [4.69, 9.17) is 4.74 Å². The minimum Gasteiger partial charge on any atom is -0.382 e. The van der Waals surface area contributed by atoms with Gasteiger partial charge in [-0.3, -0.25) is 4.90 Å². The number of aromatic nitrogens is 3. The Morgan fingerprint density at radius 1 is 1.32 bits per heavy atom. The number of piperidine rings is 1. The molecule has 0 unspecified atom stereocenters. The fraction of sp³-hybridized carbons (Fsp3) is 0.579. The van der Waals surface area contributed by atoms with Crippen LogP contribution in [0.1, 0.15) is 49.6 Å². The molecule has 6 heteroatoms. The van der Waals surface area contributed by atoms with Crippen LogP contribution in [0, 0.1) is 0 Å². The summed E-state index contributed by atoms with van der Waals surface area (Å²) in [5.41, 5.74) is 2.17. The lowest BCUT2D eigenvalue weighted by Crippen LogP contribution is -2.45. The van der Waals surface area contributed by atoms with Crippen LogP contribution in [0.5, 0.6) is 0 Å².